The molecule has 0 amide bonds. The zero-order valence-electron chi connectivity index (χ0n) is 9.92. The van der Waals surface area contributed by atoms with Gasteiger partial charge in [-0.3, -0.25) is 0 Å². The molecule has 0 saturated heterocycles. The first-order chi connectivity index (χ1) is 9.22. The Morgan fingerprint density at radius 3 is 2.37 bits per heavy atom. The van der Waals surface area contributed by atoms with Crippen molar-refractivity contribution in [3.8, 4) is 16.8 Å². The van der Waals surface area contributed by atoms with E-state index < -0.39 is 0 Å². The van der Waals surface area contributed by atoms with Gasteiger partial charge < -0.3 is 0 Å². The Bertz CT molecular complexity index is 702. The molecule has 3 aromatic rings. The standard InChI is InChI=1S/C15H10F2N2/c16-13-4-6-15(7-5-13)19-10-12(9-18-19)11-2-1-3-14(17)8-11/h1-10H. The van der Waals surface area contributed by atoms with Crippen LogP contribution in [-0.4, -0.2) is 9.78 Å². The molecule has 0 aliphatic rings. The summed E-state index contributed by atoms with van der Waals surface area (Å²) in [4.78, 5) is 0. The van der Waals surface area contributed by atoms with Crippen LogP contribution in [-0.2, 0) is 0 Å². The summed E-state index contributed by atoms with van der Waals surface area (Å²) in [5.74, 6) is -0.576. The second-order valence-corrected chi connectivity index (χ2v) is 4.16. The van der Waals surface area contributed by atoms with Crippen molar-refractivity contribution in [2.45, 2.75) is 0 Å². The molecule has 94 valence electrons. The highest BCUT2D eigenvalue weighted by molar-refractivity contribution is 5.62. The fourth-order valence-electron chi connectivity index (χ4n) is 1.87. The monoisotopic (exact) mass is 256 g/mol. The molecular weight excluding hydrogens is 246 g/mol. The molecule has 0 atom stereocenters. The third kappa shape index (κ3) is 2.38. The summed E-state index contributed by atoms with van der Waals surface area (Å²) in [6.45, 7) is 0. The van der Waals surface area contributed by atoms with Crippen LogP contribution in [0, 0.1) is 11.6 Å². The predicted molar refractivity (Wildman–Crippen MR) is 68.9 cm³/mol. The minimum absolute atomic E-state index is 0.285. The van der Waals surface area contributed by atoms with Gasteiger partial charge in [0.25, 0.3) is 0 Å². The van der Waals surface area contributed by atoms with Crippen molar-refractivity contribution in [2.24, 2.45) is 0 Å². The highest BCUT2D eigenvalue weighted by Crippen LogP contribution is 2.20. The summed E-state index contributed by atoms with van der Waals surface area (Å²) in [7, 11) is 0. The van der Waals surface area contributed by atoms with Gasteiger partial charge in [-0.05, 0) is 42.0 Å². The molecule has 0 fully saturated rings. The summed E-state index contributed by atoms with van der Waals surface area (Å²) in [5, 5.41) is 4.19. The van der Waals surface area contributed by atoms with Gasteiger partial charge in [-0.25, -0.2) is 13.5 Å². The predicted octanol–water partition coefficient (Wildman–Crippen LogP) is 3.82. The maximum absolute atomic E-state index is 13.2. The van der Waals surface area contributed by atoms with E-state index in [0.29, 0.717) is 0 Å². The first kappa shape index (κ1) is 11.6. The van der Waals surface area contributed by atoms with Crippen molar-refractivity contribution in [1.82, 2.24) is 9.78 Å². The lowest BCUT2D eigenvalue weighted by Gasteiger charge is -2.00. The van der Waals surface area contributed by atoms with Gasteiger partial charge in [0.15, 0.2) is 0 Å². The summed E-state index contributed by atoms with van der Waals surface area (Å²) in [6, 6.07) is 12.3. The van der Waals surface area contributed by atoms with Crippen LogP contribution in [0.4, 0.5) is 8.78 Å². The van der Waals surface area contributed by atoms with Gasteiger partial charge in [0, 0.05) is 11.8 Å². The second-order valence-electron chi connectivity index (χ2n) is 4.16. The number of nitrogens with zero attached hydrogens (tertiary/aromatic N) is 2. The van der Waals surface area contributed by atoms with E-state index in [-0.39, 0.29) is 11.6 Å². The largest absolute Gasteiger partial charge is 0.240 e. The van der Waals surface area contributed by atoms with E-state index >= 15 is 0 Å². The lowest BCUT2D eigenvalue weighted by molar-refractivity contribution is 0.627. The van der Waals surface area contributed by atoms with Gasteiger partial charge in [0.1, 0.15) is 11.6 Å². The third-order valence-electron chi connectivity index (χ3n) is 2.83. The highest BCUT2D eigenvalue weighted by Gasteiger charge is 2.04. The molecule has 1 aromatic heterocycles. The quantitative estimate of drug-likeness (QED) is 0.681. The van der Waals surface area contributed by atoms with E-state index in [4.69, 9.17) is 0 Å². The van der Waals surface area contributed by atoms with Gasteiger partial charge in [0.05, 0.1) is 11.9 Å². The van der Waals surface area contributed by atoms with Crippen LogP contribution >= 0.6 is 0 Å². The molecule has 2 aromatic carbocycles. The minimum atomic E-state index is -0.290. The smallest absolute Gasteiger partial charge is 0.123 e. The van der Waals surface area contributed by atoms with Gasteiger partial charge in [-0.15, -0.1) is 0 Å². The molecule has 0 spiro atoms. The van der Waals surface area contributed by atoms with Crippen LogP contribution in [0.5, 0.6) is 0 Å². The Morgan fingerprint density at radius 2 is 1.63 bits per heavy atom. The topological polar surface area (TPSA) is 17.8 Å². The Balaban J connectivity index is 1.97. The molecular formula is C15H10F2N2. The molecule has 3 rings (SSSR count). The average Bonchev–Trinajstić information content (AvgIpc) is 2.89. The average molecular weight is 256 g/mol. The van der Waals surface area contributed by atoms with Crippen molar-refractivity contribution >= 4 is 0 Å². The molecule has 0 saturated carbocycles. The van der Waals surface area contributed by atoms with Crippen molar-refractivity contribution < 1.29 is 8.78 Å². The van der Waals surface area contributed by atoms with Gasteiger partial charge >= 0.3 is 0 Å². The molecule has 0 aliphatic carbocycles. The van der Waals surface area contributed by atoms with Gasteiger partial charge in [-0.2, -0.15) is 5.10 Å². The first-order valence-electron chi connectivity index (χ1n) is 5.79. The number of rotatable bonds is 2. The molecule has 0 N–H and O–H groups in total. The van der Waals surface area contributed by atoms with E-state index in [9.17, 15) is 8.78 Å². The summed E-state index contributed by atoms with van der Waals surface area (Å²) >= 11 is 0. The Hall–Kier alpha value is -2.49. The van der Waals surface area contributed by atoms with E-state index in [1.165, 1.54) is 24.3 Å². The highest BCUT2D eigenvalue weighted by atomic mass is 19.1. The summed E-state index contributed by atoms with van der Waals surface area (Å²) in [5.41, 5.74) is 2.32. The number of aromatic nitrogens is 2. The Kier molecular flexibility index (Phi) is 2.83. The lowest BCUT2D eigenvalue weighted by atomic mass is 10.1. The Labute approximate surface area is 108 Å². The molecule has 2 nitrogen and oxygen atoms in total. The zero-order chi connectivity index (χ0) is 13.2. The van der Waals surface area contributed by atoms with Crippen molar-refractivity contribution in [3.63, 3.8) is 0 Å². The van der Waals surface area contributed by atoms with Crippen LogP contribution < -0.4 is 0 Å². The van der Waals surface area contributed by atoms with Crippen molar-refractivity contribution in [3.05, 3.63) is 72.6 Å². The van der Waals surface area contributed by atoms with E-state index in [1.807, 2.05) is 6.07 Å². The first-order valence-corrected chi connectivity index (χ1v) is 5.79. The molecule has 0 bridgehead atoms. The second kappa shape index (κ2) is 4.65. The minimum Gasteiger partial charge on any atom is -0.240 e. The third-order valence-corrected chi connectivity index (χ3v) is 2.83. The van der Waals surface area contributed by atoms with Crippen LogP contribution in [0.2, 0.25) is 0 Å². The molecule has 0 radical (unpaired) electrons. The molecule has 0 aliphatic heterocycles. The van der Waals surface area contributed by atoms with E-state index in [0.717, 1.165) is 16.8 Å². The Morgan fingerprint density at radius 1 is 0.842 bits per heavy atom. The maximum atomic E-state index is 13.2. The van der Waals surface area contributed by atoms with Gasteiger partial charge in [-0.1, -0.05) is 12.1 Å². The number of benzene rings is 2. The van der Waals surface area contributed by atoms with Gasteiger partial charge in [0.2, 0.25) is 0 Å². The normalized spacial score (nSPS) is 10.6. The van der Waals surface area contributed by atoms with Crippen LogP contribution in [0.1, 0.15) is 0 Å². The van der Waals surface area contributed by atoms with Crippen molar-refractivity contribution in [1.29, 1.82) is 0 Å². The molecule has 4 heteroatoms. The summed E-state index contributed by atoms with van der Waals surface area (Å²) in [6.07, 6.45) is 3.43. The van der Waals surface area contributed by atoms with Crippen molar-refractivity contribution in [2.75, 3.05) is 0 Å². The lowest BCUT2D eigenvalue weighted by Crippen LogP contribution is -1.93. The number of hydrogen-bond donors (Lipinski definition) is 0. The molecule has 0 unspecified atom stereocenters. The SMILES string of the molecule is Fc1ccc(-n2cc(-c3cccc(F)c3)cn2)cc1. The van der Waals surface area contributed by atoms with E-state index in [2.05, 4.69) is 5.10 Å². The fraction of sp³-hybridized carbons (Fsp3) is 0. The van der Waals surface area contributed by atoms with Crippen LogP contribution in [0.15, 0.2) is 60.9 Å². The maximum Gasteiger partial charge on any atom is 0.123 e. The van der Waals surface area contributed by atoms with E-state index in [1.54, 1.807) is 35.3 Å². The fourth-order valence-corrected chi connectivity index (χ4v) is 1.87. The summed E-state index contributed by atoms with van der Waals surface area (Å²) < 4.78 is 27.6. The number of halogens is 2. The van der Waals surface area contributed by atoms with Crippen LogP contribution in [0.3, 0.4) is 0 Å². The van der Waals surface area contributed by atoms with Crippen LogP contribution in [0.25, 0.3) is 16.8 Å². The molecule has 19 heavy (non-hydrogen) atoms. The number of hydrogen-bond acceptors (Lipinski definition) is 1. The zero-order valence-corrected chi connectivity index (χ0v) is 9.92. The molecule has 1 heterocycles.